The molecule has 0 saturated heterocycles. The van der Waals surface area contributed by atoms with Gasteiger partial charge in [-0.05, 0) is 42.2 Å². The van der Waals surface area contributed by atoms with E-state index in [4.69, 9.17) is 0 Å². The second-order valence-electron chi connectivity index (χ2n) is 6.59. The molecule has 0 aliphatic rings. The summed E-state index contributed by atoms with van der Waals surface area (Å²) >= 11 is 0. The highest BCUT2D eigenvalue weighted by Crippen LogP contribution is 2.29. The monoisotopic (exact) mass is 361 g/mol. The molecule has 6 nitrogen and oxygen atoms in total. The van der Waals surface area contributed by atoms with Crippen molar-refractivity contribution < 1.29 is 4.79 Å². The third-order valence-corrected chi connectivity index (χ3v) is 4.21. The molecule has 27 heavy (non-hydrogen) atoms. The maximum atomic E-state index is 12.4. The van der Waals surface area contributed by atoms with Crippen molar-refractivity contribution >= 4 is 17.5 Å². The Morgan fingerprint density at radius 3 is 2.63 bits per heavy atom. The lowest BCUT2D eigenvalue weighted by Gasteiger charge is -2.16. The van der Waals surface area contributed by atoms with E-state index in [0.29, 0.717) is 24.1 Å². The quantitative estimate of drug-likeness (QED) is 0.694. The number of aryl methyl sites for hydroxylation is 1. The number of hydrogen-bond acceptors (Lipinski definition) is 5. The molecule has 0 spiro atoms. The highest BCUT2D eigenvalue weighted by molar-refractivity contribution is 5.92. The van der Waals surface area contributed by atoms with Crippen molar-refractivity contribution in [3.63, 3.8) is 0 Å². The summed E-state index contributed by atoms with van der Waals surface area (Å²) in [4.78, 5) is 25.2. The number of anilines is 2. The fourth-order valence-corrected chi connectivity index (χ4v) is 2.76. The van der Waals surface area contributed by atoms with Gasteiger partial charge in [-0.15, -0.1) is 0 Å². The van der Waals surface area contributed by atoms with Crippen LogP contribution in [0.5, 0.6) is 0 Å². The number of hydrogen-bond donors (Lipinski definition) is 2. The van der Waals surface area contributed by atoms with Gasteiger partial charge in [0.05, 0.1) is 12.2 Å². The number of pyridine rings is 1. The Balaban J connectivity index is 1.75. The summed E-state index contributed by atoms with van der Waals surface area (Å²) in [6.07, 6.45) is 3.28. The van der Waals surface area contributed by atoms with Crippen molar-refractivity contribution in [1.29, 1.82) is 0 Å². The Kier molecular flexibility index (Phi) is 5.76. The van der Waals surface area contributed by atoms with Gasteiger partial charge in [-0.3, -0.25) is 9.78 Å². The molecule has 0 unspecified atom stereocenters. The number of carbonyl (C=O) groups is 1. The highest BCUT2D eigenvalue weighted by Gasteiger charge is 2.13. The van der Waals surface area contributed by atoms with Gasteiger partial charge in [0.25, 0.3) is 5.91 Å². The standard InChI is InChI=1S/C21H23N5O/c1-14(2)17-9-6-7-15(3)19(17)26-21-23-12-10-18(25-21)20(27)24-13-16-8-4-5-11-22-16/h4-12,14H,13H2,1-3H3,(H,24,27)(H,23,25,26). The van der Waals surface area contributed by atoms with Crippen molar-refractivity contribution in [2.24, 2.45) is 0 Å². The molecule has 6 heteroatoms. The average molecular weight is 361 g/mol. The van der Waals surface area contributed by atoms with Crippen LogP contribution in [-0.2, 0) is 6.54 Å². The predicted octanol–water partition coefficient (Wildman–Crippen LogP) is 3.98. The normalized spacial score (nSPS) is 10.7. The van der Waals surface area contributed by atoms with Crippen molar-refractivity contribution in [3.05, 3.63) is 77.4 Å². The van der Waals surface area contributed by atoms with Gasteiger partial charge < -0.3 is 10.6 Å². The predicted molar refractivity (Wildman–Crippen MR) is 106 cm³/mol. The number of para-hydroxylation sites is 1. The van der Waals surface area contributed by atoms with Crippen molar-refractivity contribution in [1.82, 2.24) is 20.3 Å². The third kappa shape index (κ3) is 4.67. The van der Waals surface area contributed by atoms with Crippen LogP contribution in [-0.4, -0.2) is 20.9 Å². The highest BCUT2D eigenvalue weighted by atomic mass is 16.1. The lowest BCUT2D eigenvalue weighted by Crippen LogP contribution is -2.24. The molecule has 1 aromatic carbocycles. The maximum absolute atomic E-state index is 12.4. The zero-order valence-corrected chi connectivity index (χ0v) is 15.7. The van der Waals surface area contributed by atoms with Crippen LogP contribution in [0.25, 0.3) is 0 Å². The van der Waals surface area contributed by atoms with Gasteiger partial charge in [0.15, 0.2) is 0 Å². The minimum Gasteiger partial charge on any atom is -0.345 e. The molecule has 3 rings (SSSR count). The summed E-state index contributed by atoms with van der Waals surface area (Å²) < 4.78 is 0. The molecule has 138 valence electrons. The van der Waals surface area contributed by atoms with Crippen LogP contribution in [0, 0.1) is 6.92 Å². The molecular formula is C21H23N5O. The minimum absolute atomic E-state index is 0.264. The Morgan fingerprint density at radius 1 is 1.04 bits per heavy atom. The van der Waals surface area contributed by atoms with Gasteiger partial charge in [-0.25, -0.2) is 9.97 Å². The largest absolute Gasteiger partial charge is 0.345 e. The fourth-order valence-electron chi connectivity index (χ4n) is 2.76. The molecule has 3 aromatic rings. The smallest absolute Gasteiger partial charge is 0.270 e. The number of carbonyl (C=O) groups excluding carboxylic acids is 1. The Labute approximate surface area is 159 Å². The third-order valence-electron chi connectivity index (χ3n) is 4.21. The number of benzene rings is 1. The second kappa shape index (κ2) is 8.40. The number of nitrogens with zero attached hydrogens (tertiary/aromatic N) is 3. The Bertz CT molecular complexity index is 925. The summed E-state index contributed by atoms with van der Waals surface area (Å²) in [6.45, 7) is 6.67. The summed E-state index contributed by atoms with van der Waals surface area (Å²) in [5.41, 5.74) is 4.37. The van der Waals surface area contributed by atoms with E-state index in [1.165, 1.54) is 5.56 Å². The summed E-state index contributed by atoms with van der Waals surface area (Å²) in [7, 11) is 0. The molecule has 0 atom stereocenters. The maximum Gasteiger partial charge on any atom is 0.270 e. The van der Waals surface area contributed by atoms with Crippen LogP contribution in [0.15, 0.2) is 54.9 Å². The number of aromatic nitrogens is 3. The van der Waals surface area contributed by atoms with E-state index in [1.807, 2.05) is 37.3 Å². The van der Waals surface area contributed by atoms with Crippen LogP contribution in [0.1, 0.15) is 47.1 Å². The van der Waals surface area contributed by atoms with Gasteiger partial charge >= 0.3 is 0 Å². The molecule has 2 aromatic heterocycles. The molecule has 1 amide bonds. The first-order valence-corrected chi connectivity index (χ1v) is 8.92. The molecule has 0 aliphatic heterocycles. The van der Waals surface area contributed by atoms with Crippen LogP contribution >= 0.6 is 0 Å². The average Bonchev–Trinajstić information content (AvgIpc) is 2.68. The van der Waals surface area contributed by atoms with Gasteiger partial charge in [0.1, 0.15) is 5.69 Å². The van der Waals surface area contributed by atoms with Gasteiger partial charge in [0, 0.05) is 18.1 Å². The molecule has 0 saturated carbocycles. The lowest BCUT2D eigenvalue weighted by molar-refractivity contribution is 0.0945. The van der Waals surface area contributed by atoms with E-state index >= 15 is 0 Å². The zero-order chi connectivity index (χ0) is 19.2. The number of rotatable bonds is 6. The summed E-state index contributed by atoms with van der Waals surface area (Å²) in [6, 6.07) is 13.3. The lowest BCUT2D eigenvalue weighted by atomic mass is 9.98. The molecule has 0 radical (unpaired) electrons. The van der Waals surface area contributed by atoms with Gasteiger partial charge in [-0.2, -0.15) is 0 Å². The van der Waals surface area contributed by atoms with E-state index in [0.717, 1.165) is 16.9 Å². The summed E-state index contributed by atoms with van der Waals surface area (Å²) in [5, 5.41) is 6.10. The van der Waals surface area contributed by atoms with Gasteiger partial charge in [-0.1, -0.05) is 38.1 Å². The Hall–Kier alpha value is -3.28. The van der Waals surface area contributed by atoms with Crippen LogP contribution in [0.3, 0.4) is 0 Å². The van der Waals surface area contributed by atoms with Crippen LogP contribution < -0.4 is 10.6 Å². The van der Waals surface area contributed by atoms with E-state index < -0.39 is 0 Å². The fraction of sp³-hybridized carbons (Fsp3) is 0.238. The minimum atomic E-state index is -0.264. The molecule has 2 N–H and O–H groups in total. The summed E-state index contributed by atoms with van der Waals surface area (Å²) in [5.74, 6) is 0.494. The first-order valence-electron chi connectivity index (χ1n) is 8.92. The second-order valence-corrected chi connectivity index (χ2v) is 6.59. The van der Waals surface area contributed by atoms with E-state index in [2.05, 4.69) is 45.5 Å². The molecule has 0 aliphatic carbocycles. The van der Waals surface area contributed by atoms with E-state index in [-0.39, 0.29) is 5.91 Å². The van der Waals surface area contributed by atoms with Gasteiger partial charge in [0.2, 0.25) is 5.95 Å². The molecular weight excluding hydrogens is 338 g/mol. The zero-order valence-electron chi connectivity index (χ0n) is 15.7. The molecule has 2 heterocycles. The first kappa shape index (κ1) is 18.5. The topological polar surface area (TPSA) is 79.8 Å². The molecule has 0 fully saturated rings. The Morgan fingerprint density at radius 2 is 1.89 bits per heavy atom. The van der Waals surface area contributed by atoms with Crippen molar-refractivity contribution in [2.75, 3.05) is 5.32 Å². The van der Waals surface area contributed by atoms with E-state index in [1.54, 1.807) is 18.5 Å². The number of amides is 1. The number of nitrogens with one attached hydrogen (secondary N) is 2. The van der Waals surface area contributed by atoms with Crippen molar-refractivity contribution in [2.45, 2.75) is 33.2 Å². The SMILES string of the molecule is Cc1cccc(C(C)C)c1Nc1nccc(C(=O)NCc2ccccn2)n1. The van der Waals surface area contributed by atoms with Crippen LogP contribution in [0.2, 0.25) is 0 Å². The molecule has 0 bridgehead atoms. The van der Waals surface area contributed by atoms with Crippen molar-refractivity contribution in [3.8, 4) is 0 Å². The van der Waals surface area contributed by atoms with Crippen LogP contribution in [0.4, 0.5) is 11.6 Å². The first-order chi connectivity index (χ1) is 13.0. The van der Waals surface area contributed by atoms with E-state index in [9.17, 15) is 4.79 Å².